The van der Waals surface area contributed by atoms with Gasteiger partial charge in [0.1, 0.15) is 6.29 Å². The normalized spacial score (nSPS) is 17.9. The fraction of sp³-hybridized carbons (Fsp3) is 0.130. The Hall–Kier alpha value is -3.14. The number of rotatable bonds is 5. The van der Waals surface area contributed by atoms with Gasteiger partial charge in [0, 0.05) is 16.7 Å². The van der Waals surface area contributed by atoms with Crippen LogP contribution in [-0.2, 0) is 15.2 Å². The molecule has 176 valence electrons. The van der Waals surface area contributed by atoms with Crippen molar-refractivity contribution >= 4 is 51.9 Å². The molecule has 1 amide bonds. The Morgan fingerprint density at radius 1 is 1.09 bits per heavy atom. The average Bonchev–Trinajstić information content (AvgIpc) is 3.26. The maximum Gasteiger partial charge on any atom is 0.428 e. The van der Waals surface area contributed by atoms with E-state index >= 15 is 0 Å². The van der Waals surface area contributed by atoms with Gasteiger partial charge in [0.05, 0.1) is 22.3 Å². The Morgan fingerprint density at radius 2 is 1.74 bits per heavy atom. The average molecular weight is 513 g/mol. The molecule has 0 saturated carbocycles. The molecule has 1 aliphatic rings. The van der Waals surface area contributed by atoms with Gasteiger partial charge in [0.2, 0.25) is 5.60 Å². The minimum Gasteiger partial charge on any atom is -0.345 e. The van der Waals surface area contributed by atoms with Gasteiger partial charge in [-0.05, 0) is 35.0 Å². The SMILES string of the molecule is O=CCNC(=O)c1ccc(C2=CC(c3cc(Cl)c(F)c(Cl)c3)(C(F)(F)F)ON2)c2ccccc12. The van der Waals surface area contributed by atoms with Crippen molar-refractivity contribution < 1.29 is 32.0 Å². The van der Waals surface area contributed by atoms with Gasteiger partial charge < -0.3 is 10.1 Å². The molecule has 0 aromatic heterocycles. The van der Waals surface area contributed by atoms with Crippen LogP contribution in [0.4, 0.5) is 17.6 Å². The highest BCUT2D eigenvalue weighted by atomic mass is 35.5. The molecule has 0 radical (unpaired) electrons. The molecule has 1 aliphatic heterocycles. The molecule has 3 aromatic carbocycles. The summed E-state index contributed by atoms with van der Waals surface area (Å²) >= 11 is 11.5. The molecule has 0 spiro atoms. The summed E-state index contributed by atoms with van der Waals surface area (Å²) in [6.45, 7) is -0.188. The van der Waals surface area contributed by atoms with Crippen LogP contribution in [0.1, 0.15) is 21.5 Å². The van der Waals surface area contributed by atoms with E-state index in [9.17, 15) is 27.2 Å². The van der Waals surface area contributed by atoms with Crippen molar-refractivity contribution in [1.29, 1.82) is 0 Å². The summed E-state index contributed by atoms with van der Waals surface area (Å²) in [5.41, 5.74) is -0.706. The number of amides is 1. The predicted octanol–water partition coefficient (Wildman–Crippen LogP) is 5.55. The highest BCUT2D eigenvalue weighted by Crippen LogP contribution is 2.49. The van der Waals surface area contributed by atoms with Crippen LogP contribution in [0.25, 0.3) is 16.5 Å². The third-order valence-corrected chi connectivity index (χ3v) is 5.86. The quantitative estimate of drug-likeness (QED) is 0.267. The molecule has 4 rings (SSSR count). The smallest absolute Gasteiger partial charge is 0.345 e. The highest BCUT2D eigenvalue weighted by Gasteiger charge is 2.60. The van der Waals surface area contributed by atoms with Gasteiger partial charge in [-0.1, -0.05) is 53.5 Å². The zero-order valence-electron chi connectivity index (χ0n) is 17.0. The van der Waals surface area contributed by atoms with Crippen molar-refractivity contribution in [1.82, 2.24) is 10.8 Å². The van der Waals surface area contributed by atoms with Crippen LogP contribution in [0.2, 0.25) is 10.0 Å². The van der Waals surface area contributed by atoms with Gasteiger partial charge >= 0.3 is 6.18 Å². The maximum atomic E-state index is 14.3. The van der Waals surface area contributed by atoms with Crippen LogP contribution in [0.5, 0.6) is 0 Å². The number of hydrogen-bond acceptors (Lipinski definition) is 4. The molecular formula is C23H14Cl2F4N2O3. The Bertz CT molecular complexity index is 1320. The van der Waals surface area contributed by atoms with Crippen molar-refractivity contribution in [3.8, 4) is 0 Å². The van der Waals surface area contributed by atoms with E-state index in [-0.39, 0.29) is 17.8 Å². The molecule has 5 nitrogen and oxygen atoms in total. The zero-order valence-corrected chi connectivity index (χ0v) is 18.5. The van der Waals surface area contributed by atoms with E-state index in [0.29, 0.717) is 22.6 Å². The van der Waals surface area contributed by atoms with E-state index in [1.807, 2.05) is 0 Å². The van der Waals surface area contributed by atoms with E-state index in [0.717, 1.165) is 18.2 Å². The first-order chi connectivity index (χ1) is 16.1. The van der Waals surface area contributed by atoms with E-state index in [2.05, 4.69) is 10.8 Å². The van der Waals surface area contributed by atoms with Crippen LogP contribution in [0, 0.1) is 5.82 Å². The molecule has 0 saturated heterocycles. The number of hydrogen-bond donors (Lipinski definition) is 2. The van der Waals surface area contributed by atoms with Gasteiger partial charge in [0.25, 0.3) is 5.91 Å². The second kappa shape index (κ2) is 8.90. The van der Waals surface area contributed by atoms with Crippen LogP contribution >= 0.6 is 23.2 Å². The lowest BCUT2D eigenvalue weighted by molar-refractivity contribution is -0.269. The van der Waals surface area contributed by atoms with Crippen LogP contribution in [0.15, 0.2) is 54.6 Å². The lowest BCUT2D eigenvalue weighted by Crippen LogP contribution is -2.42. The summed E-state index contributed by atoms with van der Waals surface area (Å²) in [6, 6.07) is 11.1. The third-order valence-electron chi connectivity index (χ3n) is 5.31. The summed E-state index contributed by atoms with van der Waals surface area (Å²) in [6.07, 6.45) is -3.64. The number of aldehydes is 1. The largest absolute Gasteiger partial charge is 0.428 e. The second-order valence-electron chi connectivity index (χ2n) is 7.33. The highest BCUT2D eigenvalue weighted by molar-refractivity contribution is 6.35. The summed E-state index contributed by atoms with van der Waals surface area (Å²) in [4.78, 5) is 28.1. The van der Waals surface area contributed by atoms with Crippen molar-refractivity contribution in [2.75, 3.05) is 6.54 Å². The third kappa shape index (κ3) is 4.00. The van der Waals surface area contributed by atoms with Crippen molar-refractivity contribution in [2.24, 2.45) is 0 Å². The number of fused-ring (bicyclic) bond motifs is 1. The first-order valence-electron chi connectivity index (χ1n) is 9.71. The molecule has 0 aliphatic carbocycles. The van der Waals surface area contributed by atoms with Crippen LogP contribution in [-0.4, -0.2) is 24.9 Å². The minimum atomic E-state index is -4.98. The van der Waals surface area contributed by atoms with Crippen molar-refractivity contribution in [3.63, 3.8) is 0 Å². The fourth-order valence-corrected chi connectivity index (χ4v) is 4.19. The summed E-state index contributed by atoms with van der Waals surface area (Å²) in [5, 5.41) is 2.16. The fourth-order valence-electron chi connectivity index (χ4n) is 3.71. The number of nitrogens with one attached hydrogen (secondary N) is 2. The Morgan fingerprint density at radius 3 is 2.35 bits per heavy atom. The summed E-state index contributed by atoms with van der Waals surface area (Å²) in [7, 11) is 0. The number of benzene rings is 3. The summed E-state index contributed by atoms with van der Waals surface area (Å²) < 4.78 is 56.7. The first kappa shape index (κ1) is 24.0. The van der Waals surface area contributed by atoms with Crippen LogP contribution in [0.3, 0.4) is 0 Å². The monoisotopic (exact) mass is 512 g/mol. The standard InChI is InChI=1S/C23H14Cl2F4N2O3/c24-17-9-12(10-18(25)20(17)26)22(23(27,28)29)11-19(31-34-22)15-5-6-16(21(33)30-7-8-32)14-4-2-1-3-13(14)15/h1-6,8-11,31H,7H2,(H,30,33). The van der Waals surface area contributed by atoms with Gasteiger partial charge in [-0.15, -0.1) is 0 Å². The lowest BCUT2D eigenvalue weighted by atomic mass is 9.90. The molecule has 1 atom stereocenters. The van der Waals surface area contributed by atoms with Gasteiger partial charge in [-0.2, -0.15) is 13.2 Å². The molecule has 0 bridgehead atoms. The molecule has 11 heteroatoms. The number of carbonyl (C=O) groups excluding carboxylic acids is 2. The minimum absolute atomic E-state index is 0.0371. The molecular weight excluding hydrogens is 499 g/mol. The molecule has 0 fully saturated rings. The Labute approximate surface area is 200 Å². The zero-order chi connectivity index (χ0) is 24.7. The second-order valence-corrected chi connectivity index (χ2v) is 8.15. The topological polar surface area (TPSA) is 67.4 Å². The maximum absolute atomic E-state index is 14.3. The molecule has 1 unspecified atom stereocenters. The van der Waals surface area contributed by atoms with E-state index in [1.165, 1.54) is 12.1 Å². The number of hydroxylamine groups is 1. The van der Waals surface area contributed by atoms with Crippen molar-refractivity contribution in [2.45, 2.75) is 11.8 Å². The lowest BCUT2D eigenvalue weighted by Gasteiger charge is -2.28. The van der Waals surface area contributed by atoms with Crippen molar-refractivity contribution in [3.05, 3.63) is 87.2 Å². The Kier molecular flexibility index (Phi) is 6.28. The van der Waals surface area contributed by atoms with Gasteiger partial charge in [-0.3, -0.25) is 15.1 Å². The first-order valence-corrected chi connectivity index (χ1v) is 10.5. The molecule has 34 heavy (non-hydrogen) atoms. The van der Waals surface area contributed by atoms with E-state index in [1.54, 1.807) is 24.3 Å². The molecule has 2 N–H and O–H groups in total. The van der Waals surface area contributed by atoms with Gasteiger partial charge in [0.15, 0.2) is 5.82 Å². The van der Waals surface area contributed by atoms with E-state index < -0.39 is 39.1 Å². The van der Waals surface area contributed by atoms with E-state index in [4.69, 9.17) is 28.0 Å². The number of alkyl halides is 3. The number of halogens is 6. The number of carbonyl (C=O) groups is 2. The molecule has 1 heterocycles. The predicted molar refractivity (Wildman–Crippen MR) is 119 cm³/mol. The summed E-state index contributed by atoms with van der Waals surface area (Å²) in [5.74, 6) is -1.56. The van der Waals surface area contributed by atoms with Crippen LogP contribution < -0.4 is 10.8 Å². The Balaban J connectivity index is 1.87. The van der Waals surface area contributed by atoms with Gasteiger partial charge in [-0.25, -0.2) is 4.39 Å². The molecule has 3 aromatic rings.